The lowest BCUT2D eigenvalue weighted by atomic mass is 10.1. The van der Waals surface area contributed by atoms with Gasteiger partial charge in [0.05, 0.1) is 5.69 Å². The smallest absolute Gasteiger partial charge is 0.271 e. The average Bonchev–Trinajstić information content (AvgIpc) is 3.16. The molecule has 0 spiro atoms. The van der Waals surface area contributed by atoms with Crippen molar-refractivity contribution in [1.82, 2.24) is 14.6 Å². The monoisotopic (exact) mass is 364 g/mol. The number of nitrogens with one attached hydrogen (secondary N) is 1. The van der Waals surface area contributed by atoms with E-state index in [2.05, 4.69) is 19.9 Å². The number of thiazole rings is 1. The number of carbonyl (C=O) groups is 1. The van der Waals surface area contributed by atoms with Crippen molar-refractivity contribution in [2.24, 2.45) is 0 Å². The summed E-state index contributed by atoms with van der Waals surface area (Å²) in [5, 5.41) is 8.04. The number of aryl methyl sites for hydroxylation is 1. The van der Waals surface area contributed by atoms with Crippen LogP contribution in [0.25, 0.3) is 0 Å². The summed E-state index contributed by atoms with van der Waals surface area (Å²) in [5.74, 6) is -0.208. The predicted octanol–water partition coefficient (Wildman–Crippen LogP) is 4.05. The Bertz CT molecular complexity index is 830. The second-order valence-corrected chi connectivity index (χ2v) is 7.10. The minimum absolute atomic E-state index is 0.208. The highest BCUT2D eigenvalue weighted by molar-refractivity contribution is 7.16. The van der Waals surface area contributed by atoms with E-state index in [0.29, 0.717) is 27.1 Å². The molecule has 5 nitrogen and oxygen atoms in total. The zero-order chi connectivity index (χ0) is 16.2. The van der Waals surface area contributed by atoms with E-state index in [4.69, 9.17) is 11.6 Å². The Hall–Kier alpha value is -1.83. The van der Waals surface area contributed by atoms with Crippen LogP contribution in [0.4, 0.5) is 5.13 Å². The van der Waals surface area contributed by atoms with Crippen molar-refractivity contribution in [3.8, 4) is 0 Å². The molecule has 2 heterocycles. The van der Waals surface area contributed by atoms with Gasteiger partial charge < -0.3 is 0 Å². The maximum absolute atomic E-state index is 12.2. The van der Waals surface area contributed by atoms with Gasteiger partial charge in [-0.3, -0.25) is 10.1 Å². The van der Waals surface area contributed by atoms with Gasteiger partial charge in [-0.15, -0.1) is 16.4 Å². The number of anilines is 1. The third kappa shape index (κ3) is 3.93. The normalized spacial score (nSPS) is 10.7. The van der Waals surface area contributed by atoms with E-state index >= 15 is 0 Å². The van der Waals surface area contributed by atoms with Gasteiger partial charge in [-0.05, 0) is 35.6 Å². The van der Waals surface area contributed by atoms with Crippen LogP contribution in [-0.2, 0) is 12.8 Å². The van der Waals surface area contributed by atoms with Crippen molar-refractivity contribution in [2.75, 3.05) is 5.32 Å². The van der Waals surface area contributed by atoms with Crippen LogP contribution in [0.1, 0.15) is 32.7 Å². The number of benzene rings is 1. The first-order valence-electron chi connectivity index (χ1n) is 6.97. The maximum Gasteiger partial charge on any atom is 0.271 e. The van der Waals surface area contributed by atoms with Gasteiger partial charge in [-0.25, -0.2) is 4.98 Å². The predicted molar refractivity (Wildman–Crippen MR) is 93.6 cm³/mol. The lowest BCUT2D eigenvalue weighted by Gasteiger charge is -2.00. The molecule has 0 fully saturated rings. The van der Waals surface area contributed by atoms with Gasteiger partial charge in [0.2, 0.25) is 0 Å². The van der Waals surface area contributed by atoms with E-state index in [0.717, 1.165) is 28.4 Å². The van der Waals surface area contributed by atoms with E-state index in [1.807, 2.05) is 31.2 Å². The van der Waals surface area contributed by atoms with Crippen LogP contribution in [0.2, 0.25) is 5.02 Å². The molecule has 8 heteroatoms. The molecule has 0 unspecified atom stereocenters. The van der Waals surface area contributed by atoms with Crippen molar-refractivity contribution in [3.63, 3.8) is 0 Å². The van der Waals surface area contributed by atoms with E-state index in [1.165, 1.54) is 11.3 Å². The zero-order valence-corrected chi connectivity index (χ0v) is 14.6. The van der Waals surface area contributed by atoms with Gasteiger partial charge in [0.1, 0.15) is 4.88 Å². The lowest BCUT2D eigenvalue weighted by molar-refractivity contribution is 0.102. The summed E-state index contributed by atoms with van der Waals surface area (Å²) in [6.45, 7) is 1.94. The Morgan fingerprint density at radius 2 is 2.26 bits per heavy atom. The second kappa shape index (κ2) is 7.16. The molecule has 0 atom stereocenters. The van der Waals surface area contributed by atoms with E-state index in [-0.39, 0.29) is 5.91 Å². The quantitative estimate of drug-likeness (QED) is 0.741. The van der Waals surface area contributed by atoms with Gasteiger partial charge in [-0.1, -0.05) is 35.1 Å². The topological polar surface area (TPSA) is 67.8 Å². The first-order valence-corrected chi connectivity index (χ1v) is 8.94. The first kappa shape index (κ1) is 16.0. The van der Waals surface area contributed by atoms with Crippen LogP contribution in [0.5, 0.6) is 0 Å². The summed E-state index contributed by atoms with van der Waals surface area (Å²) in [6, 6.07) is 7.71. The molecular weight excluding hydrogens is 352 g/mol. The molecule has 0 aliphatic carbocycles. The molecule has 1 amide bonds. The molecule has 1 N–H and O–H groups in total. The molecule has 0 aliphatic heterocycles. The summed E-state index contributed by atoms with van der Waals surface area (Å²) in [4.78, 5) is 18.1. The molecule has 0 saturated heterocycles. The van der Waals surface area contributed by atoms with E-state index in [9.17, 15) is 4.79 Å². The molecule has 0 radical (unpaired) electrons. The number of rotatable bonds is 5. The number of hydrogen-bond donors (Lipinski definition) is 1. The summed E-state index contributed by atoms with van der Waals surface area (Å²) >= 11 is 8.54. The fourth-order valence-electron chi connectivity index (χ4n) is 2.06. The lowest BCUT2D eigenvalue weighted by Crippen LogP contribution is -2.11. The van der Waals surface area contributed by atoms with Crippen LogP contribution in [0, 0.1) is 0 Å². The molecule has 23 heavy (non-hydrogen) atoms. The molecule has 0 saturated carbocycles. The summed E-state index contributed by atoms with van der Waals surface area (Å²) in [6.07, 6.45) is 3.18. The zero-order valence-electron chi connectivity index (χ0n) is 12.2. The highest BCUT2D eigenvalue weighted by Gasteiger charge is 2.16. The molecular formula is C15H13ClN4OS2. The van der Waals surface area contributed by atoms with Crippen molar-refractivity contribution in [2.45, 2.75) is 19.8 Å². The fraction of sp³-hybridized carbons (Fsp3) is 0.200. The van der Waals surface area contributed by atoms with Crippen molar-refractivity contribution >= 4 is 45.5 Å². The van der Waals surface area contributed by atoms with Gasteiger partial charge in [0.25, 0.3) is 5.91 Å². The number of halogens is 1. The third-order valence-electron chi connectivity index (χ3n) is 3.14. The van der Waals surface area contributed by atoms with E-state index in [1.54, 1.807) is 6.20 Å². The summed E-state index contributed by atoms with van der Waals surface area (Å²) in [7, 11) is 0. The summed E-state index contributed by atoms with van der Waals surface area (Å²) in [5.41, 5.74) is 1.82. The Labute approximate surface area is 146 Å². The second-order valence-electron chi connectivity index (χ2n) is 4.79. The fourth-order valence-corrected chi connectivity index (χ4v) is 3.76. The third-order valence-corrected chi connectivity index (χ3v) is 5.05. The first-order chi connectivity index (χ1) is 11.2. The van der Waals surface area contributed by atoms with Crippen molar-refractivity contribution in [1.29, 1.82) is 0 Å². The average molecular weight is 365 g/mol. The van der Waals surface area contributed by atoms with Crippen LogP contribution in [0.15, 0.2) is 30.5 Å². The van der Waals surface area contributed by atoms with Gasteiger partial charge in [0, 0.05) is 22.5 Å². The molecule has 3 aromatic rings. The van der Waals surface area contributed by atoms with Crippen molar-refractivity contribution < 1.29 is 4.79 Å². The Kier molecular flexibility index (Phi) is 5.00. The molecule has 2 aromatic heterocycles. The summed E-state index contributed by atoms with van der Waals surface area (Å²) < 4.78 is 3.83. The minimum atomic E-state index is -0.208. The number of aromatic nitrogens is 3. The van der Waals surface area contributed by atoms with Crippen LogP contribution < -0.4 is 5.32 Å². The molecule has 118 valence electrons. The highest BCUT2D eigenvalue weighted by Crippen LogP contribution is 2.23. The number of hydrogen-bond acceptors (Lipinski definition) is 6. The van der Waals surface area contributed by atoms with Gasteiger partial charge >= 0.3 is 0 Å². The maximum atomic E-state index is 12.2. The van der Waals surface area contributed by atoms with Crippen LogP contribution in [0.3, 0.4) is 0 Å². The Morgan fingerprint density at radius 3 is 3.04 bits per heavy atom. The number of amides is 1. The van der Waals surface area contributed by atoms with Crippen LogP contribution in [-0.4, -0.2) is 20.5 Å². The largest absolute Gasteiger partial charge is 0.297 e. The number of nitrogens with zero attached hydrogens (tertiary/aromatic N) is 3. The number of carbonyl (C=O) groups excluding carboxylic acids is 1. The highest BCUT2D eigenvalue weighted by atomic mass is 35.5. The van der Waals surface area contributed by atoms with Gasteiger partial charge in [-0.2, -0.15) is 0 Å². The van der Waals surface area contributed by atoms with E-state index < -0.39 is 0 Å². The molecule has 0 aliphatic rings. The standard InChI is InChI=1S/C15H13ClN4OS2/c1-2-12-13(23-20-19-12)14(21)18-15-17-8-11(22-15)7-9-4-3-5-10(16)6-9/h3-6,8H,2,7H2,1H3,(H,17,18,21). The molecule has 0 bridgehead atoms. The molecule has 3 rings (SSSR count). The van der Waals surface area contributed by atoms with Crippen LogP contribution >= 0.6 is 34.5 Å². The Morgan fingerprint density at radius 1 is 1.39 bits per heavy atom. The Balaban J connectivity index is 1.69. The SMILES string of the molecule is CCc1nnsc1C(=O)Nc1ncc(Cc2cccc(Cl)c2)s1. The van der Waals surface area contributed by atoms with Gasteiger partial charge in [0.15, 0.2) is 5.13 Å². The molecule has 1 aromatic carbocycles. The van der Waals surface area contributed by atoms with Crippen molar-refractivity contribution in [3.05, 3.63) is 56.5 Å². The minimum Gasteiger partial charge on any atom is -0.297 e.